The second-order valence-electron chi connectivity index (χ2n) is 12.7. The van der Waals surface area contributed by atoms with Crippen LogP contribution in [0, 0.1) is 17.0 Å². The lowest BCUT2D eigenvalue weighted by molar-refractivity contribution is -0.108. The first-order valence-electron chi connectivity index (χ1n) is 15.1. The topological polar surface area (TPSA) is 78.9 Å². The van der Waals surface area contributed by atoms with Crippen LogP contribution in [0.5, 0.6) is 11.5 Å². The molecule has 230 valence electrons. The minimum Gasteiger partial charge on any atom is -0.451 e. The van der Waals surface area contributed by atoms with Crippen molar-refractivity contribution in [3.63, 3.8) is 0 Å². The minimum absolute atomic E-state index is 0.0194. The van der Waals surface area contributed by atoms with E-state index in [-0.39, 0.29) is 40.5 Å². The number of fused-ring (bicyclic) bond motifs is 1. The molecule has 2 aliphatic heterocycles. The molecule has 0 radical (unpaired) electrons. The number of carbonyl (C=O) groups is 2. The highest BCUT2D eigenvalue weighted by atomic mass is 19.1. The number of amides is 1. The van der Waals surface area contributed by atoms with Gasteiger partial charge >= 0.3 is 0 Å². The number of allylic oxidation sites excluding steroid dienone is 2. The van der Waals surface area contributed by atoms with Crippen LogP contribution in [0.1, 0.15) is 61.5 Å². The molecule has 3 aromatic rings. The Hall–Kier alpha value is -4.34. The second kappa shape index (κ2) is 11.6. The molecule has 0 N–H and O–H groups in total. The number of hydrogen-bond acceptors (Lipinski definition) is 7. The molecule has 0 saturated carbocycles. The van der Waals surface area contributed by atoms with Gasteiger partial charge < -0.3 is 24.2 Å². The fourth-order valence-corrected chi connectivity index (χ4v) is 7.05. The maximum Gasteiger partial charge on any atom is 0.258 e. The van der Waals surface area contributed by atoms with Gasteiger partial charge in [0.15, 0.2) is 11.6 Å². The van der Waals surface area contributed by atoms with Crippen molar-refractivity contribution in [3.8, 4) is 11.5 Å². The maximum atomic E-state index is 14.4. The quantitative estimate of drug-likeness (QED) is 0.305. The van der Waals surface area contributed by atoms with Crippen LogP contribution in [-0.4, -0.2) is 70.2 Å². The fraction of sp³-hybridized carbons (Fsp3) is 0.412. The maximum absolute atomic E-state index is 14.4. The highest BCUT2D eigenvalue weighted by Gasteiger charge is 2.50. The predicted molar refractivity (Wildman–Crippen MR) is 163 cm³/mol. The molecular formula is C34H37F2N5O3. The summed E-state index contributed by atoms with van der Waals surface area (Å²) in [5.41, 5.74) is 2.89. The Labute approximate surface area is 256 Å². The molecule has 8 nitrogen and oxygen atoms in total. The second-order valence-corrected chi connectivity index (χ2v) is 12.7. The van der Waals surface area contributed by atoms with Crippen molar-refractivity contribution in [1.29, 1.82) is 0 Å². The normalized spacial score (nSPS) is 18.7. The third-order valence-electron chi connectivity index (χ3n) is 8.98. The number of likely N-dealkylation sites (tertiary alicyclic amines) is 1. The van der Waals surface area contributed by atoms with Crippen LogP contribution in [0.25, 0.3) is 0 Å². The van der Waals surface area contributed by atoms with E-state index in [0.29, 0.717) is 18.0 Å². The van der Waals surface area contributed by atoms with E-state index in [2.05, 4.69) is 25.8 Å². The molecule has 1 atom stereocenters. The van der Waals surface area contributed by atoms with E-state index in [1.807, 2.05) is 27.7 Å². The zero-order valence-corrected chi connectivity index (χ0v) is 25.5. The number of halogens is 2. The Morgan fingerprint density at radius 3 is 2.45 bits per heavy atom. The van der Waals surface area contributed by atoms with Gasteiger partial charge in [0.25, 0.3) is 5.91 Å². The molecule has 0 bridgehead atoms. The van der Waals surface area contributed by atoms with Gasteiger partial charge in [-0.1, -0.05) is 12.1 Å². The first-order valence-corrected chi connectivity index (χ1v) is 15.1. The summed E-state index contributed by atoms with van der Waals surface area (Å²) in [7, 11) is 0. The molecule has 6 rings (SSSR count). The van der Waals surface area contributed by atoms with Gasteiger partial charge in [-0.3, -0.25) is 4.79 Å². The summed E-state index contributed by atoms with van der Waals surface area (Å²) in [6.07, 6.45) is 7.61. The van der Waals surface area contributed by atoms with Gasteiger partial charge in [-0.15, -0.1) is 0 Å². The molecule has 3 aliphatic rings. The highest BCUT2D eigenvalue weighted by molar-refractivity contribution is 5.97. The molecule has 10 heteroatoms. The molecular weight excluding hydrogens is 564 g/mol. The van der Waals surface area contributed by atoms with Gasteiger partial charge in [0.2, 0.25) is 0 Å². The largest absolute Gasteiger partial charge is 0.451 e. The zero-order chi connectivity index (χ0) is 31.2. The van der Waals surface area contributed by atoms with Gasteiger partial charge in [-0.2, -0.15) is 0 Å². The number of aromatic nitrogens is 2. The number of carbonyl (C=O) groups excluding carboxylic acids is 2. The van der Waals surface area contributed by atoms with E-state index < -0.39 is 11.7 Å². The van der Waals surface area contributed by atoms with Crippen molar-refractivity contribution in [2.24, 2.45) is 5.41 Å². The van der Waals surface area contributed by atoms with Crippen LogP contribution in [0.4, 0.5) is 14.6 Å². The first kappa shape index (κ1) is 29.7. The standard InChI is InChI=1S/C34H37F2N5O3/c1-21(2)41(22(3)4)33(43)27-14-25(36)7-10-30(27)44-31-15-37-20-38-32(31)40-18-34(19-40)11-12-39(17-34)29-9-5-23-13-24(35)6-8-26(23)28(29)16-42/h6-10,13-16,20-22,28H,5,11-12,17-19H2,1-4H3. The van der Waals surface area contributed by atoms with E-state index in [1.165, 1.54) is 36.7 Å². The molecule has 2 aromatic carbocycles. The first-order chi connectivity index (χ1) is 21.1. The SMILES string of the molecule is CC(C)N(C(=O)c1cc(F)ccc1Oc1cncnc1N1CC2(CCN(C3=CCc4cc(F)ccc4C3C=O)C2)C1)C(C)C. The van der Waals surface area contributed by atoms with Crippen molar-refractivity contribution in [3.05, 3.63) is 89.0 Å². The Kier molecular flexibility index (Phi) is 7.86. The predicted octanol–water partition coefficient (Wildman–Crippen LogP) is 5.74. The monoisotopic (exact) mass is 601 g/mol. The summed E-state index contributed by atoms with van der Waals surface area (Å²) < 4.78 is 34.4. The van der Waals surface area contributed by atoms with Crippen molar-refractivity contribution in [1.82, 2.24) is 19.8 Å². The van der Waals surface area contributed by atoms with E-state index in [0.717, 1.165) is 55.7 Å². The zero-order valence-electron chi connectivity index (χ0n) is 25.5. The lowest BCUT2D eigenvalue weighted by Gasteiger charge is -2.49. The van der Waals surface area contributed by atoms with Gasteiger partial charge in [-0.05, 0) is 82.0 Å². The molecule has 1 aliphatic carbocycles. The van der Waals surface area contributed by atoms with E-state index >= 15 is 0 Å². The number of aldehydes is 1. The van der Waals surface area contributed by atoms with Crippen LogP contribution >= 0.6 is 0 Å². The van der Waals surface area contributed by atoms with Crippen LogP contribution in [-0.2, 0) is 11.2 Å². The number of hydrogen-bond donors (Lipinski definition) is 0. The minimum atomic E-state index is -0.520. The number of ether oxygens (including phenoxy) is 1. The summed E-state index contributed by atoms with van der Waals surface area (Å²) in [5.74, 6) is -0.284. The van der Waals surface area contributed by atoms with E-state index in [1.54, 1.807) is 17.2 Å². The van der Waals surface area contributed by atoms with Crippen molar-refractivity contribution >= 4 is 18.0 Å². The van der Waals surface area contributed by atoms with Crippen LogP contribution in [0.2, 0.25) is 0 Å². The Bertz CT molecular complexity index is 1610. The smallest absolute Gasteiger partial charge is 0.258 e. The molecule has 1 amide bonds. The summed E-state index contributed by atoms with van der Waals surface area (Å²) in [6, 6.07) is 8.47. The molecule has 1 unspecified atom stereocenters. The summed E-state index contributed by atoms with van der Waals surface area (Å²) >= 11 is 0. The number of benzene rings is 2. The van der Waals surface area contributed by atoms with Gasteiger partial charge in [0, 0.05) is 49.4 Å². The lowest BCUT2D eigenvalue weighted by atomic mass is 9.79. The Morgan fingerprint density at radius 1 is 1.02 bits per heavy atom. The third kappa shape index (κ3) is 5.42. The number of nitrogens with zero attached hydrogens (tertiary/aromatic N) is 5. The van der Waals surface area contributed by atoms with Crippen molar-refractivity contribution in [2.45, 2.75) is 58.5 Å². The fourth-order valence-electron chi connectivity index (χ4n) is 7.05. The number of rotatable bonds is 8. The van der Waals surface area contributed by atoms with Gasteiger partial charge in [-0.25, -0.2) is 18.7 Å². The van der Waals surface area contributed by atoms with Crippen molar-refractivity contribution in [2.75, 3.05) is 31.1 Å². The summed E-state index contributed by atoms with van der Waals surface area (Å²) in [4.78, 5) is 40.5. The van der Waals surface area contributed by atoms with E-state index in [4.69, 9.17) is 4.74 Å². The summed E-state index contributed by atoms with van der Waals surface area (Å²) in [5, 5.41) is 0. The average molecular weight is 602 g/mol. The van der Waals surface area contributed by atoms with Crippen LogP contribution in [0.15, 0.2) is 60.7 Å². The average Bonchev–Trinajstić information content (AvgIpc) is 3.42. The van der Waals surface area contributed by atoms with Crippen molar-refractivity contribution < 1.29 is 23.1 Å². The van der Waals surface area contributed by atoms with Gasteiger partial charge in [0.1, 0.15) is 30.0 Å². The summed E-state index contributed by atoms with van der Waals surface area (Å²) in [6.45, 7) is 10.8. The molecule has 2 fully saturated rings. The molecule has 3 heterocycles. The Morgan fingerprint density at radius 2 is 1.73 bits per heavy atom. The number of anilines is 1. The third-order valence-corrected chi connectivity index (χ3v) is 8.98. The molecule has 44 heavy (non-hydrogen) atoms. The molecule has 1 aromatic heterocycles. The van der Waals surface area contributed by atoms with Crippen LogP contribution < -0.4 is 9.64 Å². The lowest BCUT2D eigenvalue weighted by Crippen LogP contribution is -2.58. The molecule has 1 spiro atoms. The van der Waals surface area contributed by atoms with Crippen LogP contribution in [0.3, 0.4) is 0 Å². The van der Waals surface area contributed by atoms with E-state index in [9.17, 15) is 18.4 Å². The Balaban J connectivity index is 1.18. The highest BCUT2D eigenvalue weighted by Crippen LogP contribution is 2.47. The molecule has 2 saturated heterocycles. The van der Waals surface area contributed by atoms with Gasteiger partial charge in [0.05, 0.1) is 17.7 Å².